The first-order chi connectivity index (χ1) is 27.6. The van der Waals surface area contributed by atoms with Gasteiger partial charge in [-0.15, -0.1) is 0 Å². The van der Waals surface area contributed by atoms with Crippen LogP contribution in [0.2, 0.25) is 0 Å². The fourth-order valence-corrected chi connectivity index (χ4v) is 8.11. The molecule has 0 aliphatic rings. The van der Waals surface area contributed by atoms with E-state index in [1.54, 1.807) is 0 Å². The van der Waals surface area contributed by atoms with Crippen molar-refractivity contribution < 1.29 is 0 Å². The van der Waals surface area contributed by atoms with Crippen molar-refractivity contribution in [3.63, 3.8) is 0 Å². The molecule has 0 aliphatic carbocycles. The number of aryl methyl sites for hydroxylation is 1. The molecule has 0 spiro atoms. The van der Waals surface area contributed by atoms with Gasteiger partial charge in [-0.25, -0.2) is 9.97 Å². The van der Waals surface area contributed by atoms with Gasteiger partial charge >= 0.3 is 0 Å². The van der Waals surface area contributed by atoms with Gasteiger partial charge in [-0.2, -0.15) is 0 Å². The van der Waals surface area contributed by atoms with Crippen molar-refractivity contribution in [1.29, 1.82) is 0 Å². The second-order valence-corrected chi connectivity index (χ2v) is 14.5. The number of rotatable bonds is 6. The van der Waals surface area contributed by atoms with Gasteiger partial charge in [-0.1, -0.05) is 133 Å². The van der Waals surface area contributed by atoms with Gasteiger partial charge in [0.15, 0.2) is 5.82 Å². The first-order valence-electron chi connectivity index (χ1n) is 19.1. The Kier molecular flexibility index (Phi) is 8.26. The molecule has 56 heavy (non-hydrogen) atoms. The Morgan fingerprint density at radius 2 is 1.00 bits per heavy atom. The maximum atomic E-state index is 5.41. The summed E-state index contributed by atoms with van der Waals surface area (Å²) in [6, 6.07) is 65.0. The van der Waals surface area contributed by atoms with Crippen LogP contribution in [0, 0.1) is 13.8 Å². The SMILES string of the molecule is Cc1ccccc1-c1nc(-c2cc(-c3ccc4cc(-c5ccccn5)ccc4c3)cc(-c3cc4ccccc4c4ccccc34)c2)nc(-c2ccccc2)c1C. The Hall–Kier alpha value is -7.23. The lowest BCUT2D eigenvalue weighted by atomic mass is 9.90. The Morgan fingerprint density at radius 3 is 1.80 bits per heavy atom. The molecule has 0 unspecified atom stereocenters. The van der Waals surface area contributed by atoms with Crippen LogP contribution >= 0.6 is 0 Å². The minimum absolute atomic E-state index is 0.696. The molecule has 264 valence electrons. The van der Waals surface area contributed by atoms with Gasteiger partial charge in [-0.3, -0.25) is 4.98 Å². The number of hydrogen-bond acceptors (Lipinski definition) is 3. The van der Waals surface area contributed by atoms with Crippen LogP contribution in [0.1, 0.15) is 11.1 Å². The molecule has 3 heteroatoms. The van der Waals surface area contributed by atoms with Crippen LogP contribution in [0.5, 0.6) is 0 Å². The predicted octanol–water partition coefficient (Wildman–Crippen LogP) is 14.0. The third-order valence-electron chi connectivity index (χ3n) is 11.0. The Labute approximate surface area is 326 Å². The number of benzene rings is 8. The highest BCUT2D eigenvalue weighted by molar-refractivity contribution is 6.14. The summed E-state index contributed by atoms with van der Waals surface area (Å²) in [6.07, 6.45) is 1.84. The maximum absolute atomic E-state index is 5.41. The molecule has 0 N–H and O–H groups in total. The van der Waals surface area contributed by atoms with Crippen LogP contribution in [0.15, 0.2) is 188 Å². The van der Waals surface area contributed by atoms with Gasteiger partial charge in [-0.05, 0) is 123 Å². The molecule has 0 amide bonds. The molecule has 0 aliphatic heterocycles. The van der Waals surface area contributed by atoms with Gasteiger partial charge in [0.2, 0.25) is 0 Å². The number of pyridine rings is 1. The van der Waals surface area contributed by atoms with E-state index in [1.807, 2.05) is 18.3 Å². The molecular formula is C53H37N3. The Balaban J connectivity index is 1.22. The molecule has 2 heterocycles. The van der Waals surface area contributed by atoms with Gasteiger partial charge in [0, 0.05) is 34.0 Å². The molecule has 0 saturated carbocycles. The van der Waals surface area contributed by atoms with E-state index < -0.39 is 0 Å². The lowest BCUT2D eigenvalue weighted by Crippen LogP contribution is -2.01. The van der Waals surface area contributed by atoms with Crippen molar-refractivity contribution in [3.8, 4) is 67.4 Å². The zero-order valence-corrected chi connectivity index (χ0v) is 31.2. The average molecular weight is 716 g/mol. The summed E-state index contributed by atoms with van der Waals surface area (Å²) in [7, 11) is 0. The smallest absolute Gasteiger partial charge is 0.160 e. The number of fused-ring (bicyclic) bond motifs is 4. The van der Waals surface area contributed by atoms with Crippen molar-refractivity contribution in [2.75, 3.05) is 0 Å². The first kappa shape index (κ1) is 33.3. The lowest BCUT2D eigenvalue weighted by molar-refractivity contribution is 1.14. The quantitative estimate of drug-likeness (QED) is 0.161. The molecule has 2 aromatic heterocycles. The number of aromatic nitrogens is 3. The van der Waals surface area contributed by atoms with Crippen molar-refractivity contribution >= 4 is 32.3 Å². The molecule has 8 aromatic carbocycles. The summed E-state index contributed by atoms with van der Waals surface area (Å²) in [4.78, 5) is 15.4. The van der Waals surface area contributed by atoms with E-state index >= 15 is 0 Å². The topological polar surface area (TPSA) is 38.7 Å². The van der Waals surface area contributed by atoms with Crippen molar-refractivity contribution in [1.82, 2.24) is 15.0 Å². The summed E-state index contributed by atoms with van der Waals surface area (Å²) in [5, 5.41) is 7.26. The number of nitrogens with zero attached hydrogens (tertiary/aromatic N) is 3. The zero-order valence-electron chi connectivity index (χ0n) is 31.2. The van der Waals surface area contributed by atoms with Crippen LogP contribution in [-0.4, -0.2) is 15.0 Å². The van der Waals surface area contributed by atoms with Gasteiger partial charge < -0.3 is 0 Å². The first-order valence-corrected chi connectivity index (χ1v) is 19.1. The van der Waals surface area contributed by atoms with E-state index in [2.05, 4.69) is 189 Å². The summed E-state index contributed by atoms with van der Waals surface area (Å²) < 4.78 is 0. The molecule has 0 saturated heterocycles. The molecular weight excluding hydrogens is 679 g/mol. The van der Waals surface area contributed by atoms with Crippen LogP contribution in [0.4, 0.5) is 0 Å². The number of hydrogen-bond donors (Lipinski definition) is 0. The third kappa shape index (κ3) is 6.00. The molecule has 10 aromatic rings. The van der Waals surface area contributed by atoms with E-state index in [9.17, 15) is 0 Å². The van der Waals surface area contributed by atoms with Crippen LogP contribution in [0.3, 0.4) is 0 Å². The predicted molar refractivity (Wildman–Crippen MR) is 234 cm³/mol. The lowest BCUT2D eigenvalue weighted by Gasteiger charge is -2.17. The second kappa shape index (κ2) is 13.9. The minimum atomic E-state index is 0.696. The zero-order chi connectivity index (χ0) is 37.6. The van der Waals surface area contributed by atoms with E-state index in [1.165, 1.54) is 43.4 Å². The normalized spacial score (nSPS) is 11.4. The monoisotopic (exact) mass is 715 g/mol. The van der Waals surface area contributed by atoms with Gasteiger partial charge in [0.1, 0.15) is 0 Å². The minimum Gasteiger partial charge on any atom is -0.256 e. The van der Waals surface area contributed by atoms with E-state index in [4.69, 9.17) is 9.97 Å². The molecule has 0 bridgehead atoms. The van der Waals surface area contributed by atoms with Gasteiger partial charge in [0.25, 0.3) is 0 Å². The Bertz CT molecular complexity index is 3090. The van der Waals surface area contributed by atoms with Gasteiger partial charge in [0.05, 0.1) is 17.1 Å². The molecule has 0 radical (unpaired) electrons. The fraction of sp³-hybridized carbons (Fsp3) is 0.0377. The highest BCUT2D eigenvalue weighted by Crippen LogP contribution is 2.40. The third-order valence-corrected chi connectivity index (χ3v) is 11.0. The van der Waals surface area contributed by atoms with Crippen molar-refractivity contribution in [2.24, 2.45) is 0 Å². The van der Waals surface area contributed by atoms with Crippen molar-refractivity contribution in [3.05, 3.63) is 199 Å². The second-order valence-electron chi connectivity index (χ2n) is 14.5. The summed E-state index contributed by atoms with van der Waals surface area (Å²) in [5.41, 5.74) is 13.9. The van der Waals surface area contributed by atoms with Crippen LogP contribution in [-0.2, 0) is 0 Å². The van der Waals surface area contributed by atoms with E-state index in [-0.39, 0.29) is 0 Å². The van der Waals surface area contributed by atoms with E-state index in [0.717, 1.165) is 61.6 Å². The highest BCUT2D eigenvalue weighted by Gasteiger charge is 2.19. The molecule has 10 rings (SSSR count). The molecule has 3 nitrogen and oxygen atoms in total. The van der Waals surface area contributed by atoms with Crippen molar-refractivity contribution in [2.45, 2.75) is 13.8 Å². The molecule has 0 atom stereocenters. The Morgan fingerprint density at radius 1 is 0.357 bits per heavy atom. The van der Waals surface area contributed by atoms with Crippen LogP contribution in [0.25, 0.3) is 99.7 Å². The average Bonchev–Trinajstić information content (AvgIpc) is 3.26. The van der Waals surface area contributed by atoms with E-state index in [0.29, 0.717) is 5.82 Å². The summed E-state index contributed by atoms with van der Waals surface area (Å²) in [5.74, 6) is 0.696. The summed E-state index contributed by atoms with van der Waals surface area (Å²) in [6.45, 7) is 4.30. The molecule has 0 fully saturated rings. The maximum Gasteiger partial charge on any atom is 0.160 e. The highest BCUT2D eigenvalue weighted by atomic mass is 14.9. The fourth-order valence-electron chi connectivity index (χ4n) is 8.11. The summed E-state index contributed by atoms with van der Waals surface area (Å²) >= 11 is 0. The van der Waals surface area contributed by atoms with Crippen LogP contribution < -0.4 is 0 Å². The standard InChI is InChI=1S/C53H37N3/c1-34-14-6-8-18-45(34)52-35(2)51(36-15-4-3-5-16-36)55-53(56-52)44-31-42(39-24-23-38-29-41(26-25-37(38)28-39)50-22-12-13-27-54-50)30-43(32-44)49-33-40-17-7-9-19-46(40)47-20-10-11-21-48(47)49/h3-33H,1-2H3. The largest absolute Gasteiger partial charge is 0.256 e.